The molecule has 0 aliphatic carbocycles. The molecule has 1 N–H and O–H groups in total. The summed E-state index contributed by atoms with van der Waals surface area (Å²) in [6, 6.07) is 11.9. The molecule has 0 radical (unpaired) electrons. The van der Waals surface area contributed by atoms with Gasteiger partial charge >= 0.3 is 0 Å². The molecule has 3 aromatic rings. The number of para-hydroxylation sites is 1. The summed E-state index contributed by atoms with van der Waals surface area (Å²) in [6.45, 7) is 3.04. The SMILES string of the molecule is CCCNc1ccnc(-c2ccnc3ccccc23)n1. The largest absolute Gasteiger partial charge is 0.370 e. The van der Waals surface area contributed by atoms with Crippen LogP contribution >= 0.6 is 0 Å². The number of pyridine rings is 1. The Labute approximate surface area is 117 Å². The number of anilines is 1. The summed E-state index contributed by atoms with van der Waals surface area (Å²) in [5.41, 5.74) is 1.97. The third-order valence-electron chi connectivity index (χ3n) is 3.10. The Hall–Kier alpha value is -2.49. The van der Waals surface area contributed by atoms with E-state index >= 15 is 0 Å². The van der Waals surface area contributed by atoms with Crippen LogP contribution < -0.4 is 5.32 Å². The Morgan fingerprint density at radius 2 is 1.85 bits per heavy atom. The van der Waals surface area contributed by atoms with Crippen molar-refractivity contribution in [2.45, 2.75) is 13.3 Å². The summed E-state index contributed by atoms with van der Waals surface area (Å²) in [5, 5.41) is 4.36. The molecule has 0 aliphatic rings. The van der Waals surface area contributed by atoms with Gasteiger partial charge in [0, 0.05) is 29.9 Å². The molecule has 100 valence electrons. The molecule has 0 saturated carbocycles. The van der Waals surface area contributed by atoms with Crippen LogP contribution in [0.3, 0.4) is 0 Å². The van der Waals surface area contributed by atoms with Gasteiger partial charge in [-0.1, -0.05) is 25.1 Å². The van der Waals surface area contributed by atoms with Crippen molar-refractivity contribution >= 4 is 16.7 Å². The standard InChI is InChI=1S/C16H16N4/c1-2-9-18-15-8-11-19-16(20-15)13-7-10-17-14-6-4-3-5-12(13)14/h3-8,10-11H,2,9H2,1H3,(H,18,19,20). The average molecular weight is 264 g/mol. The molecule has 0 spiro atoms. The fraction of sp³-hybridized carbons (Fsp3) is 0.188. The van der Waals surface area contributed by atoms with Crippen molar-refractivity contribution < 1.29 is 0 Å². The van der Waals surface area contributed by atoms with Crippen LogP contribution in [0.25, 0.3) is 22.3 Å². The fourth-order valence-electron chi connectivity index (χ4n) is 2.13. The van der Waals surface area contributed by atoms with Crippen molar-refractivity contribution in [2.24, 2.45) is 0 Å². The van der Waals surface area contributed by atoms with Gasteiger partial charge in [0.1, 0.15) is 5.82 Å². The van der Waals surface area contributed by atoms with Crippen LogP contribution in [0, 0.1) is 0 Å². The number of nitrogens with zero attached hydrogens (tertiary/aromatic N) is 3. The van der Waals surface area contributed by atoms with Gasteiger partial charge in [-0.05, 0) is 24.6 Å². The molecule has 1 aromatic carbocycles. The van der Waals surface area contributed by atoms with Crippen LogP contribution in [0.1, 0.15) is 13.3 Å². The van der Waals surface area contributed by atoms with Crippen LogP contribution in [0.4, 0.5) is 5.82 Å². The van der Waals surface area contributed by atoms with Crippen LogP contribution in [-0.4, -0.2) is 21.5 Å². The number of hydrogen-bond donors (Lipinski definition) is 1. The molecule has 0 aliphatic heterocycles. The van der Waals surface area contributed by atoms with Crippen molar-refractivity contribution in [3.8, 4) is 11.4 Å². The summed E-state index contributed by atoms with van der Waals surface area (Å²) in [7, 11) is 0. The number of fused-ring (bicyclic) bond motifs is 1. The number of hydrogen-bond acceptors (Lipinski definition) is 4. The van der Waals surface area contributed by atoms with Crippen LogP contribution in [0.5, 0.6) is 0 Å². The minimum Gasteiger partial charge on any atom is -0.370 e. The zero-order chi connectivity index (χ0) is 13.8. The predicted molar refractivity (Wildman–Crippen MR) is 81.5 cm³/mol. The molecule has 0 unspecified atom stereocenters. The Bertz CT molecular complexity index is 719. The average Bonchev–Trinajstić information content (AvgIpc) is 2.52. The molecular weight excluding hydrogens is 248 g/mol. The van der Waals surface area contributed by atoms with E-state index < -0.39 is 0 Å². The first-order chi connectivity index (χ1) is 9.88. The highest BCUT2D eigenvalue weighted by atomic mass is 15.0. The maximum Gasteiger partial charge on any atom is 0.162 e. The lowest BCUT2D eigenvalue weighted by molar-refractivity contribution is 0.966. The quantitative estimate of drug-likeness (QED) is 0.783. The van der Waals surface area contributed by atoms with Crippen molar-refractivity contribution in [1.82, 2.24) is 15.0 Å². The Balaban J connectivity index is 2.06. The van der Waals surface area contributed by atoms with Gasteiger partial charge in [0.05, 0.1) is 5.52 Å². The van der Waals surface area contributed by atoms with E-state index in [0.29, 0.717) is 0 Å². The molecule has 20 heavy (non-hydrogen) atoms. The fourth-order valence-corrected chi connectivity index (χ4v) is 2.13. The highest BCUT2D eigenvalue weighted by Crippen LogP contribution is 2.24. The molecule has 4 heteroatoms. The van der Waals surface area contributed by atoms with Gasteiger partial charge in [-0.15, -0.1) is 0 Å². The molecule has 2 aromatic heterocycles. The molecular formula is C16H16N4. The van der Waals surface area contributed by atoms with E-state index in [1.165, 1.54) is 0 Å². The molecule has 0 fully saturated rings. The highest BCUT2D eigenvalue weighted by molar-refractivity contribution is 5.92. The second kappa shape index (κ2) is 5.65. The smallest absolute Gasteiger partial charge is 0.162 e. The first kappa shape index (κ1) is 12.5. The van der Waals surface area contributed by atoms with Gasteiger partial charge in [0.2, 0.25) is 0 Å². The summed E-state index contributed by atoms with van der Waals surface area (Å²) >= 11 is 0. The molecule has 4 nitrogen and oxygen atoms in total. The first-order valence-corrected chi connectivity index (χ1v) is 6.79. The van der Waals surface area contributed by atoms with Crippen molar-refractivity contribution in [2.75, 3.05) is 11.9 Å². The molecule has 0 atom stereocenters. The van der Waals surface area contributed by atoms with Crippen LogP contribution in [0.2, 0.25) is 0 Å². The normalized spacial score (nSPS) is 10.7. The minimum atomic E-state index is 0.727. The van der Waals surface area contributed by atoms with Gasteiger partial charge in [-0.3, -0.25) is 4.98 Å². The van der Waals surface area contributed by atoms with Crippen LogP contribution in [0.15, 0.2) is 48.8 Å². The van der Waals surface area contributed by atoms with Gasteiger partial charge < -0.3 is 5.32 Å². The van der Waals surface area contributed by atoms with Gasteiger partial charge in [0.15, 0.2) is 5.82 Å². The highest BCUT2D eigenvalue weighted by Gasteiger charge is 2.07. The second-order valence-electron chi connectivity index (χ2n) is 4.57. The van der Waals surface area contributed by atoms with Gasteiger partial charge in [0.25, 0.3) is 0 Å². The lowest BCUT2D eigenvalue weighted by Gasteiger charge is -2.07. The summed E-state index contributed by atoms with van der Waals surface area (Å²) < 4.78 is 0. The zero-order valence-corrected chi connectivity index (χ0v) is 11.4. The van der Waals surface area contributed by atoms with Crippen molar-refractivity contribution in [1.29, 1.82) is 0 Å². The molecule has 3 rings (SSSR count). The lowest BCUT2D eigenvalue weighted by Crippen LogP contribution is -2.03. The molecule has 0 saturated heterocycles. The molecule has 0 bridgehead atoms. The third-order valence-corrected chi connectivity index (χ3v) is 3.10. The van der Waals surface area contributed by atoms with E-state index in [0.717, 1.165) is 41.1 Å². The summed E-state index contributed by atoms with van der Waals surface area (Å²) in [5.74, 6) is 1.59. The number of benzene rings is 1. The first-order valence-electron chi connectivity index (χ1n) is 6.79. The molecule has 0 amide bonds. The van der Waals surface area contributed by atoms with E-state index in [-0.39, 0.29) is 0 Å². The van der Waals surface area contributed by atoms with E-state index in [1.54, 1.807) is 12.4 Å². The van der Waals surface area contributed by atoms with Gasteiger partial charge in [-0.25, -0.2) is 9.97 Å². The maximum atomic E-state index is 4.58. The zero-order valence-electron chi connectivity index (χ0n) is 11.4. The van der Waals surface area contributed by atoms with Crippen molar-refractivity contribution in [3.63, 3.8) is 0 Å². The maximum absolute atomic E-state index is 4.58. The number of rotatable bonds is 4. The minimum absolute atomic E-state index is 0.727. The predicted octanol–water partition coefficient (Wildman–Crippen LogP) is 3.51. The van der Waals surface area contributed by atoms with Gasteiger partial charge in [-0.2, -0.15) is 0 Å². The third kappa shape index (κ3) is 2.45. The van der Waals surface area contributed by atoms with E-state index in [4.69, 9.17) is 0 Å². The van der Waals surface area contributed by atoms with E-state index in [1.807, 2.05) is 36.4 Å². The molecule has 2 heterocycles. The lowest BCUT2D eigenvalue weighted by atomic mass is 10.1. The van der Waals surface area contributed by atoms with Crippen LogP contribution in [-0.2, 0) is 0 Å². The van der Waals surface area contributed by atoms with E-state index in [9.17, 15) is 0 Å². The second-order valence-corrected chi connectivity index (χ2v) is 4.57. The Morgan fingerprint density at radius 1 is 1.00 bits per heavy atom. The number of aromatic nitrogens is 3. The van der Waals surface area contributed by atoms with Crippen molar-refractivity contribution in [3.05, 3.63) is 48.8 Å². The monoisotopic (exact) mass is 264 g/mol. The Morgan fingerprint density at radius 3 is 2.75 bits per heavy atom. The Kier molecular flexibility index (Phi) is 3.54. The van der Waals surface area contributed by atoms with E-state index in [2.05, 4.69) is 27.2 Å². The topological polar surface area (TPSA) is 50.7 Å². The summed E-state index contributed by atoms with van der Waals surface area (Å²) in [6.07, 6.45) is 4.65. The number of nitrogens with one attached hydrogen (secondary N) is 1. The summed E-state index contributed by atoms with van der Waals surface area (Å²) in [4.78, 5) is 13.3.